The van der Waals surface area contributed by atoms with Crippen molar-refractivity contribution in [2.75, 3.05) is 32.1 Å². The fraction of sp³-hybridized carbons (Fsp3) is 1.00. The predicted molar refractivity (Wildman–Crippen MR) is 63.2 cm³/mol. The van der Waals surface area contributed by atoms with Crippen molar-refractivity contribution in [1.29, 1.82) is 0 Å². The first kappa shape index (κ1) is 14.2. The molecule has 0 amide bonds. The lowest BCUT2D eigenvalue weighted by Gasteiger charge is -2.24. The van der Waals surface area contributed by atoms with Crippen LogP contribution < -0.4 is 0 Å². The third-order valence-electron chi connectivity index (χ3n) is 2.00. The van der Waals surface area contributed by atoms with Crippen molar-refractivity contribution in [3.63, 3.8) is 0 Å². The Morgan fingerprint density at radius 2 is 1.86 bits per heavy atom. The molecule has 0 saturated heterocycles. The van der Waals surface area contributed by atoms with E-state index >= 15 is 0 Å². The molecule has 0 heterocycles. The maximum atomic E-state index is 5.67. The van der Waals surface area contributed by atoms with E-state index in [9.17, 15) is 0 Å². The first-order chi connectivity index (χ1) is 6.49. The van der Waals surface area contributed by atoms with Gasteiger partial charge >= 0.3 is 0 Å². The number of hydrogen-bond donors (Lipinski definition) is 0. The highest BCUT2D eigenvalue weighted by Crippen LogP contribution is 2.06. The molecule has 0 radical (unpaired) electrons. The zero-order valence-electron chi connectivity index (χ0n) is 9.98. The molecule has 0 bridgehead atoms. The number of rotatable bonds is 7. The summed E-state index contributed by atoms with van der Waals surface area (Å²) in [6.45, 7) is 12.4. The van der Waals surface area contributed by atoms with Gasteiger partial charge in [-0.3, -0.25) is 0 Å². The predicted octanol–water partition coefficient (Wildman–Crippen LogP) is 2.75. The van der Waals surface area contributed by atoms with E-state index < -0.39 is 0 Å². The van der Waals surface area contributed by atoms with Gasteiger partial charge in [0.25, 0.3) is 0 Å². The van der Waals surface area contributed by atoms with Crippen LogP contribution in [0.2, 0.25) is 0 Å². The minimum absolute atomic E-state index is 0.0219. The van der Waals surface area contributed by atoms with Crippen LogP contribution in [0.25, 0.3) is 0 Å². The lowest BCUT2D eigenvalue weighted by atomic mass is 10.2. The van der Waals surface area contributed by atoms with Gasteiger partial charge in [-0.2, -0.15) is 0 Å². The Bertz CT molecular complexity index is 134. The Labute approximate surface area is 93.6 Å². The maximum Gasteiger partial charge on any atom is 0.0600 e. The van der Waals surface area contributed by atoms with Crippen LogP contribution >= 0.6 is 11.6 Å². The van der Waals surface area contributed by atoms with E-state index in [2.05, 4.69) is 32.6 Å². The number of hydrogen-bond acceptors (Lipinski definition) is 2. The van der Waals surface area contributed by atoms with Crippen molar-refractivity contribution in [3.05, 3.63) is 0 Å². The summed E-state index contributed by atoms with van der Waals surface area (Å²) in [7, 11) is 0. The molecule has 0 aromatic rings. The fourth-order valence-electron chi connectivity index (χ4n) is 1.19. The van der Waals surface area contributed by atoms with E-state index in [-0.39, 0.29) is 5.60 Å². The molecular weight excluding hydrogens is 198 g/mol. The third kappa shape index (κ3) is 8.79. The van der Waals surface area contributed by atoms with Gasteiger partial charge < -0.3 is 9.64 Å². The molecule has 2 nitrogen and oxygen atoms in total. The molecule has 0 unspecified atom stereocenters. The molecule has 0 spiro atoms. The van der Waals surface area contributed by atoms with Crippen LogP contribution in [0.4, 0.5) is 0 Å². The first-order valence-corrected chi connectivity index (χ1v) is 5.95. The Morgan fingerprint density at radius 3 is 2.29 bits per heavy atom. The summed E-state index contributed by atoms with van der Waals surface area (Å²) in [4.78, 5) is 2.37. The highest BCUT2D eigenvalue weighted by Gasteiger charge is 2.10. The zero-order chi connectivity index (χ0) is 11.0. The third-order valence-corrected chi connectivity index (χ3v) is 2.27. The molecule has 0 rings (SSSR count). The van der Waals surface area contributed by atoms with Crippen molar-refractivity contribution in [3.8, 4) is 0 Å². The molecule has 0 aliphatic rings. The van der Waals surface area contributed by atoms with Gasteiger partial charge in [-0.1, -0.05) is 6.92 Å². The van der Waals surface area contributed by atoms with Crippen LogP contribution in [-0.2, 0) is 4.74 Å². The average molecular weight is 222 g/mol. The second-order valence-corrected chi connectivity index (χ2v) is 4.82. The average Bonchev–Trinajstić information content (AvgIpc) is 2.09. The van der Waals surface area contributed by atoms with E-state index in [4.69, 9.17) is 16.3 Å². The van der Waals surface area contributed by atoms with E-state index in [0.717, 1.165) is 38.5 Å². The van der Waals surface area contributed by atoms with Crippen molar-refractivity contribution < 1.29 is 4.74 Å². The first-order valence-electron chi connectivity index (χ1n) is 5.42. The summed E-state index contributed by atoms with van der Waals surface area (Å²) < 4.78 is 5.67. The van der Waals surface area contributed by atoms with Gasteiger partial charge in [-0.25, -0.2) is 0 Å². The molecule has 0 atom stereocenters. The summed E-state index contributed by atoms with van der Waals surface area (Å²) in [6.07, 6.45) is 1.06. The normalized spacial score (nSPS) is 12.4. The monoisotopic (exact) mass is 221 g/mol. The molecule has 3 heteroatoms. The molecule has 0 aliphatic carbocycles. The molecule has 0 aromatic heterocycles. The summed E-state index contributed by atoms with van der Waals surface area (Å²) in [5, 5.41) is 0. The summed E-state index contributed by atoms with van der Waals surface area (Å²) in [5.74, 6) is 0.747. The van der Waals surface area contributed by atoms with E-state index in [1.165, 1.54) is 0 Å². The minimum Gasteiger partial charge on any atom is -0.375 e. The SMILES string of the molecule is CCN(CCCCl)CCOC(C)(C)C. The minimum atomic E-state index is -0.0219. The largest absolute Gasteiger partial charge is 0.375 e. The summed E-state index contributed by atoms with van der Waals surface area (Å²) >= 11 is 5.65. The number of ether oxygens (including phenoxy) is 1. The molecule has 0 fully saturated rings. The van der Waals surface area contributed by atoms with Gasteiger partial charge in [0.05, 0.1) is 12.2 Å². The molecular formula is C11H24ClNO. The molecule has 0 N–H and O–H groups in total. The standard InChI is InChI=1S/C11H24ClNO/c1-5-13(8-6-7-12)9-10-14-11(2,3)4/h5-10H2,1-4H3. The van der Waals surface area contributed by atoms with Crippen LogP contribution in [-0.4, -0.2) is 42.6 Å². The Kier molecular flexibility index (Phi) is 7.61. The molecule has 0 aromatic carbocycles. The van der Waals surface area contributed by atoms with Crippen LogP contribution in [0.3, 0.4) is 0 Å². The lowest BCUT2D eigenvalue weighted by molar-refractivity contribution is -0.0125. The van der Waals surface area contributed by atoms with Crippen LogP contribution in [0.15, 0.2) is 0 Å². The van der Waals surface area contributed by atoms with Crippen molar-refractivity contribution in [2.24, 2.45) is 0 Å². The highest BCUT2D eigenvalue weighted by atomic mass is 35.5. The highest BCUT2D eigenvalue weighted by molar-refractivity contribution is 6.17. The fourth-order valence-corrected chi connectivity index (χ4v) is 1.31. The van der Waals surface area contributed by atoms with Crippen molar-refractivity contribution in [1.82, 2.24) is 4.90 Å². The number of halogens is 1. The molecule has 0 aliphatic heterocycles. The second kappa shape index (κ2) is 7.49. The quantitative estimate of drug-likeness (QED) is 0.613. The van der Waals surface area contributed by atoms with Gasteiger partial charge in [-0.15, -0.1) is 11.6 Å². The summed E-state index contributed by atoms with van der Waals surface area (Å²) in [5.41, 5.74) is -0.0219. The second-order valence-electron chi connectivity index (χ2n) is 4.44. The van der Waals surface area contributed by atoms with Crippen LogP contribution in [0.1, 0.15) is 34.1 Å². The van der Waals surface area contributed by atoms with Crippen LogP contribution in [0.5, 0.6) is 0 Å². The van der Waals surface area contributed by atoms with Crippen LogP contribution in [0, 0.1) is 0 Å². The molecule has 14 heavy (non-hydrogen) atoms. The number of alkyl halides is 1. The lowest BCUT2D eigenvalue weighted by Crippen LogP contribution is -2.31. The van der Waals surface area contributed by atoms with Crippen molar-refractivity contribution in [2.45, 2.75) is 39.7 Å². The van der Waals surface area contributed by atoms with Gasteiger partial charge in [0, 0.05) is 12.4 Å². The zero-order valence-corrected chi connectivity index (χ0v) is 10.7. The summed E-state index contributed by atoms with van der Waals surface area (Å²) in [6, 6.07) is 0. The molecule has 0 saturated carbocycles. The number of likely N-dealkylation sites (N-methyl/N-ethyl adjacent to an activating group) is 1. The van der Waals surface area contributed by atoms with Gasteiger partial charge in [0.1, 0.15) is 0 Å². The Balaban J connectivity index is 3.52. The Hall–Kier alpha value is 0.210. The van der Waals surface area contributed by atoms with E-state index in [1.807, 2.05) is 0 Å². The Morgan fingerprint density at radius 1 is 1.21 bits per heavy atom. The van der Waals surface area contributed by atoms with Gasteiger partial charge in [-0.05, 0) is 40.3 Å². The molecule has 86 valence electrons. The van der Waals surface area contributed by atoms with E-state index in [1.54, 1.807) is 0 Å². The smallest absolute Gasteiger partial charge is 0.0600 e. The van der Waals surface area contributed by atoms with Crippen molar-refractivity contribution >= 4 is 11.6 Å². The maximum absolute atomic E-state index is 5.67. The topological polar surface area (TPSA) is 12.5 Å². The van der Waals surface area contributed by atoms with Gasteiger partial charge in [0.15, 0.2) is 0 Å². The van der Waals surface area contributed by atoms with E-state index in [0.29, 0.717) is 0 Å². The van der Waals surface area contributed by atoms with Gasteiger partial charge in [0.2, 0.25) is 0 Å². The number of nitrogens with zero attached hydrogens (tertiary/aromatic N) is 1.